The minimum atomic E-state index is -4.59. The third-order valence-corrected chi connectivity index (χ3v) is 4.37. The summed E-state index contributed by atoms with van der Waals surface area (Å²) in [6.45, 7) is 0. The van der Waals surface area contributed by atoms with Crippen LogP contribution in [0.4, 0.5) is 13.2 Å². The Labute approximate surface area is 97.1 Å². The van der Waals surface area contributed by atoms with Crippen LogP contribution in [0.5, 0.6) is 0 Å². The van der Waals surface area contributed by atoms with Gasteiger partial charge in [0.2, 0.25) is 0 Å². The third kappa shape index (κ3) is 2.07. The molecule has 2 unspecified atom stereocenters. The Morgan fingerprint density at radius 1 is 1.06 bits per heavy atom. The second-order valence-electron chi connectivity index (χ2n) is 6.08. The van der Waals surface area contributed by atoms with Gasteiger partial charge in [0, 0.05) is 6.42 Å². The molecule has 0 aromatic rings. The SMILES string of the molecule is OC12CC3CC(C1)CC(N=NC(F)(F)F)(C3)C2. The van der Waals surface area contributed by atoms with E-state index in [0.29, 0.717) is 31.1 Å². The van der Waals surface area contributed by atoms with Crippen LogP contribution in [0, 0.1) is 11.8 Å². The van der Waals surface area contributed by atoms with E-state index < -0.39 is 17.4 Å². The fraction of sp³-hybridized carbons (Fsp3) is 1.00. The smallest absolute Gasteiger partial charge is 0.390 e. The van der Waals surface area contributed by atoms with Gasteiger partial charge >= 0.3 is 6.30 Å². The average Bonchev–Trinajstić information content (AvgIpc) is 2.09. The van der Waals surface area contributed by atoms with Crippen molar-refractivity contribution >= 4 is 0 Å². The van der Waals surface area contributed by atoms with E-state index in [9.17, 15) is 18.3 Å². The minimum Gasteiger partial charge on any atom is -0.390 e. The van der Waals surface area contributed by atoms with Gasteiger partial charge in [0.05, 0.1) is 11.1 Å². The molecular weight excluding hydrogens is 233 g/mol. The van der Waals surface area contributed by atoms with E-state index in [1.807, 2.05) is 0 Å². The monoisotopic (exact) mass is 248 g/mol. The Hall–Kier alpha value is -0.650. The standard InChI is InChI=1S/C11H15F3N2O/c12-11(13,14)16-15-9-2-7-1-8(3-9)5-10(17,4-7)6-9/h7-8,17H,1-6H2. The van der Waals surface area contributed by atoms with Crippen LogP contribution >= 0.6 is 0 Å². The van der Waals surface area contributed by atoms with E-state index >= 15 is 0 Å². The molecule has 4 aliphatic rings. The number of alkyl halides is 3. The molecule has 0 heterocycles. The fourth-order valence-corrected chi connectivity index (χ4v) is 4.45. The summed E-state index contributed by atoms with van der Waals surface area (Å²) in [5.41, 5.74) is -1.52. The first-order chi connectivity index (χ1) is 7.78. The van der Waals surface area contributed by atoms with Crippen molar-refractivity contribution in [3.63, 3.8) is 0 Å². The molecule has 4 saturated carbocycles. The highest BCUT2D eigenvalue weighted by molar-refractivity contribution is 5.12. The van der Waals surface area contributed by atoms with Gasteiger partial charge in [-0.3, -0.25) is 0 Å². The number of hydrogen-bond acceptors (Lipinski definition) is 3. The molecule has 4 bridgehead atoms. The van der Waals surface area contributed by atoms with Gasteiger partial charge < -0.3 is 5.11 Å². The van der Waals surface area contributed by atoms with Crippen LogP contribution in [-0.4, -0.2) is 22.5 Å². The second kappa shape index (κ2) is 3.22. The van der Waals surface area contributed by atoms with Crippen molar-refractivity contribution in [3.05, 3.63) is 0 Å². The molecule has 6 heteroatoms. The van der Waals surface area contributed by atoms with E-state index in [0.717, 1.165) is 19.3 Å². The maximum atomic E-state index is 12.1. The Bertz CT molecular complexity index is 352. The Balaban J connectivity index is 1.86. The molecule has 0 spiro atoms. The molecular formula is C11H15F3N2O. The Morgan fingerprint density at radius 3 is 2.12 bits per heavy atom. The lowest BCUT2D eigenvalue weighted by Crippen LogP contribution is -2.58. The van der Waals surface area contributed by atoms with Crippen LogP contribution in [0.3, 0.4) is 0 Å². The van der Waals surface area contributed by atoms with Gasteiger partial charge in [0.1, 0.15) is 0 Å². The molecule has 17 heavy (non-hydrogen) atoms. The van der Waals surface area contributed by atoms with Gasteiger partial charge in [-0.25, -0.2) is 0 Å². The highest BCUT2D eigenvalue weighted by Gasteiger charge is 2.58. The molecule has 0 aromatic carbocycles. The third-order valence-electron chi connectivity index (χ3n) is 4.37. The van der Waals surface area contributed by atoms with E-state index in [-0.39, 0.29) is 0 Å². The molecule has 0 amide bonds. The lowest BCUT2D eigenvalue weighted by Gasteiger charge is -2.58. The van der Waals surface area contributed by atoms with E-state index in [4.69, 9.17) is 0 Å². The van der Waals surface area contributed by atoms with Crippen LogP contribution in [0.2, 0.25) is 0 Å². The van der Waals surface area contributed by atoms with Crippen molar-refractivity contribution in [1.29, 1.82) is 0 Å². The first-order valence-corrected chi connectivity index (χ1v) is 6.01. The van der Waals surface area contributed by atoms with Crippen LogP contribution in [-0.2, 0) is 0 Å². The van der Waals surface area contributed by atoms with Crippen molar-refractivity contribution < 1.29 is 18.3 Å². The first-order valence-electron chi connectivity index (χ1n) is 6.01. The zero-order valence-electron chi connectivity index (χ0n) is 9.37. The molecule has 2 atom stereocenters. The van der Waals surface area contributed by atoms with Gasteiger partial charge in [-0.15, -0.1) is 13.2 Å². The molecule has 4 fully saturated rings. The normalized spacial score (nSPS) is 49.2. The number of nitrogens with zero attached hydrogens (tertiary/aromatic N) is 2. The maximum Gasteiger partial charge on any atom is 0.520 e. The highest BCUT2D eigenvalue weighted by Crippen LogP contribution is 2.59. The molecule has 3 nitrogen and oxygen atoms in total. The zero-order valence-corrected chi connectivity index (χ0v) is 9.37. The van der Waals surface area contributed by atoms with Crippen molar-refractivity contribution in [2.45, 2.75) is 56.0 Å². The van der Waals surface area contributed by atoms with Crippen LogP contribution in [0.15, 0.2) is 10.2 Å². The largest absolute Gasteiger partial charge is 0.520 e. The molecule has 4 aliphatic carbocycles. The summed E-state index contributed by atoms with van der Waals surface area (Å²) in [5, 5.41) is 16.4. The summed E-state index contributed by atoms with van der Waals surface area (Å²) in [6, 6.07) is 0. The Morgan fingerprint density at radius 2 is 1.65 bits per heavy atom. The maximum absolute atomic E-state index is 12.1. The molecule has 4 rings (SSSR count). The second-order valence-corrected chi connectivity index (χ2v) is 6.08. The van der Waals surface area contributed by atoms with E-state index in [1.54, 1.807) is 0 Å². The summed E-state index contributed by atoms with van der Waals surface area (Å²) >= 11 is 0. The van der Waals surface area contributed by atoms with Crippen LogP contribution in [0.1, 0.15) is 38.5 Å². The molecule has 0 aromatic heterocycles. The van der Waals surface area contributed by atoms with Crippen molar-refractivity contribution in [1.82, 2.24) is 0 Å². The molecule has 0 aliphatic heterocycles. The lowest BCUT2D eigenvalue weighted by molar-refractivity contribution is -0.149. The molecule has 0 saturated heterocycles. The minimum absolute atomic E-state index is 0.327. The zero-order chi connectivity index (χ0) is 12.3. The summed E-state index contributed by atoms with van der Waals surface area (Å²) in [7, 11) is 0. The lowest BCUT2D eigenvalue weighted by atomic mass is 9.51. The molecule has 0 radical (unpaired) electrons. The first kappa shape index (κ1) is 11.4. The van der Waals surface area contributed by atoms with Crippen molar-refractivity contribution in [2.24, 2.45) is 22.1 Å². The number of rotatable bonds is 1. The predicted molar refractivity (Wildman–Crippen MR) is 53.3 cm³/mol. The molecule has 96 valence electrons. The van der Waals surface area contributed by atoms with Gasteiger partial charge in [0.25, 0.3) is 0 Å². The summed E-state index contributed by atoms with van der Waals surface area (Å²) in [4.78, 5) is 0. The van der Waals surface area contributed by atoms with Crippen LogP contribution < -0.4 is 0 Å². The van der Waals surface area contributed by atoms with Gasteiger partial charge in [-0.2, -0.15) is 5.11 Å². The summed E-state index contributed by atoms with van der Waals surface area (Å²) in [5.74, 6) is 0.655. The average molecular weight is 248 g/mol. The summed E-state index contributed by atoms with van der Waals surface area (Å²) < 4.78 is 36.3. The van der Waals surface area contributed by atoms with E-state index in [2.05, 4.69) is 10.2 Å². The quantitative estimate of drug-likeness (QED) is 0.562. The van der Waals surface area contributed by atoms with E-state index in [1.165, 1.54) is 0 Å². The number of azo groups is 1. The molecule has 1 N–H and O–H groups in total. The van der Waals surface area contributed by atoms with Crippen molar-refractivity contribution in [2.75, 3.05) is 0 Å². The van der Waals surface area contributed by atoms with Crippen LogP contribution in [0.25, 0.3) is 0 Å². The van der Waals surface area contributed by atoms with Crippen molar-refractivity contribution in [3.8, 4) is 0 Å². The number of hydrogen-bond donors (Lipinski definition) is 1. The Kier molecular flexibility index (Phi) is 2.16. The van der Waals surface area contributed by atoms with Gasteiger partial charge in [-0.1, -0.05) is 5.11 Å². The number of halogens is 3. The topological polar surface area (TPSA) is 45.0 Å². The predicted octanol–water partition coefficient (Wildman–Crippen LogP) is 3.04. The number of aliphatic hydroxyl groups is 1. The summed E-state index contributed by atoms with van der Waals surface area (Å²) in [6.07, 6.45) is -0.430. The highest BCUT2D eigenvalue weighted by atomic mass is 19.4. The fourth-order valence-electron chi connectivity index (χ4n) is 4.45. The van der Waals surface area contributed by atoms with Gasteiger partial charge in [-0.05, 0) is 43.9 Å². The van der Waals surface area contributed by atoms with Gasteiger partial charge in [0.15, 0.2) is 0 Å².